The highest BCUT2D eigenvalue weighted by molar-refractivity contribution is 7.89. The molecular formula is C11H23N3O3S. The number of rotatable bonds is 6. The van der Waals surface area contributed by atoms with Crippen molar-refractivity contribution >= 4 is 15.9 Å². The van der Waals surface area contributed by atoms with E-state index in [2.05, 4.69) is 0 Å². The van der Waals surface area contributed by atoms with E-state index in [0.29, 0.717) is 32.6 Å². The molecular weight excluding hydrogens is 254 g/mol. The van der Waals surface area contributed by atoms with Crippen molar-refractivity contribution in [2.45, 2.75) is 31.9 Å². The average molecular weight is 277 g/mol. The van der Waals surface area contributed by atoms with E-state index in [4.69, 9.17) is 15.9 Å². The first-order valence-electron chi connectivity index (χ1n) is 6.30. The summed E-state index contributed by atoms with van der Waals surface area (Å²) < 4.78 is 31.5. The minimum atomic E-state index is -3.30. The van der Waals surface area contributed by atoms with Gasteiger partial charge in [-0.3, -0.25) is 5.41 Å². The second kappa shape index (κ2) is 6.49. The summed E-state index contributed by atoms with van der Waals surface area (Å²) in [4.78, 5) is 0. The summed E-state index contributed by atoms with van der Waals surface area (Å²) in [6, 6.07) is 0. The molecule has 0 radical (unpaired) electrons. The zero-order valence-corrected chi connectivity index (χ0v) is 11.9. The third kappa shape index (κ3) is 3.66. The molecule has 0 aliphatic carbocycles. The van der Waals surface area contributed by atoms with Gasteiger partial charge in [0.2, 0.25) is 10.0 Å². The Bertz CT molecular complexity index is 377. The van der Waals surface area contributed by atoms with Gasteiger partial charge in [-0.15, -0.1) is 0 Å². The van der Waals surface area contributed by atoms with Crippen LogP contribution < -0.4 is 5.73 Å². The molecule has 106 valence electrons. The molecule has 0 saturated carbocycles. The van der Waals surface area contributed by atoms with E-state index < -0.39 is 10.0 Å². The number of nitrogens with two attached hydrogens (primary N) is 1. The van der Waals surface area contributed by atoms with Crippen LogP contribution in [-0.2, 0) is 14.8 Å². The van der Waals surface area contributed by atoms with Crippen molar-refractivity contribution in [3.05, 3.63) is 0 Å². The number of ether oxygens (including phenoxy) is 1. The summed E-state index contributed by atoms with van der Waals surface area (Å²) in [6.45, 7) is 5.28. The predicted octanol–water partition coefficient (Wildman–Crippen LogP) is 0.389. The van der Waals surface area contributed by atoms with Crippen molar-refractivity contribution in [1.29, 1.82) is 5.41 Å². The van der Waals surface area contributed by atoms with Crippen LogP contribution in [0.3, 0.4) is 0 Å². The summed E-state index contributed by atoms with van der Waals surface area (Å²) in [5, 5.41) is 7.00. The first kappa shape index (κ1) is 15.4. The quantitative estimate of drug-likeness (QED) is 0.542. The number of amidine groups is 1. The van der Waals surface area contributed by atoms with Crippen LogP contribution in [-0.4, -0.2) is 50.1 Å². The Morgan fingerprint density at radius 2 is 2.06 bits per heavy atom. The Hall–Kier alpha value is -0.660. The van der Waals surface area contributed by atoms with Crippen molar-refractivity contribution in [1.82, 2.24) is 4.31 Å². The van der Waals surface area contributed by atoms with E-state index in [9.17, 15) is 8.42 Å². The number of hydrogen-bond donors (Lipinski definition) is 2. The molecule has 1 fully saturated rings. The van der Waals surface area contributed by atoms with Crippen molar-refractivity contribution in [2.24, 2.45) is 11.7 Å². The van der Waals surface area contributed by atoms with Crippen molar-refractivity contribution in [3.63, 3.8) is 0 Å². The van der Waals surface area contributed by atoms with Gasteiger partial charge in [-0.05, 0) is 12.8 Å². The first-order chi connectivity index (χ1) is 8.39. The lowest BCUT2D eigenvalue weighted by atomic mass is 10.1. The molecule has 0 aromatic heterocycles. The zero-order chi connectivity index (χ0) is 13.8. The van der Waals surface area contributed by atoms with E-state index in [0.717, 1.165) is 0 Å². The van der Waals surface area contributed by atoms with Gasteiger partial charge < -0.3 is 10.5 Å². The van der Waals surface area contributed by atoms with Gasteiger partial charge in [0.15, 0.2) is 0 Å². The van der Waals surface area contributed by atoms with Crippen LogP contribution in [0.2, 0.25) is 0 Å². The fourth-order valence-electron chi connectivity index (χ4n) is 2.00. The van der Waals surface area contributed by atoms with Crippen LogP contribution in [0.25, 0.3) is 0 Å². The van der Waals surface area contributed by atoms with E-state index >= 15 is 0 Å². The monoisotopic (exact) mass is 277 g/mol. The Labute approximate surface area is 109 Å². The van der Waals surface area contributed by atoms with Crippen molar-refractivity contribution in [2.75, 3.05) is 26.3 Å². The van der Waals surface area contributed by atoms with Gasteiger partial charge in [-0.2, -0.15) is 0 Å². The van der Waals surface area contributed by atoms with E-state index in [1.165, 1.54) is 4.31 Å². The lowest BCUT2D eigenvalue weighted by molar-refractivity contribution is 0.0972. The van der Waals surface area contributed by atoms with Gasteiger partial charge in [-0.25, -0.2) is 12.7 Å². The van der Waals surface area contributed by atoms with Crippen LogP contribution in [0, 0.1) is 11.3 Å². The average Bonchev–Trinajstić information content (AvgIpc) is 2.36. The number of nitrogens with one attached hydrogen (secondary N) is 1. The van der Waals surface area contributed by atoms with Crippen LogP contribution in [0.1, 0.15) is 26.7 Å². The lowest BCUT2D eigenvalue weighted by Crippen LogP contribution is -2.44. The van der Waals surface area contributed by atoms with Gasteiger partial charge in [0.25, 0.3) is 0 Å². The molecule has 0 bridgehead atoms. The molecule has 6 nitrogen and oxygen atoms in total. The smallest absolute Gasteiger partial charge is 0.217 e. The summed E-state index contributed by atoms with van der Waals surface area (Å²) >= 11 is 0. The molecule has 1 saturated heterocycles. The molecule has 1 rings (SSSR count). The SMILES string of the molecule is CCN(CC(C)C(=N)N)S(=O)(=O)C1CCOCC1. The van der Waals surface area contributed by atoms with E-state index in [1.807, 2.05) is 6.92 Å². The van der Waals surface area contributed by atoms with E-state index in [-0.39, 0.29) is 23.5 Å². The maximum atomic E-state index is 12.4. The largest absolute Gasteiger partial charge is 0.387 e. The van der Waals surface area contributed by atoms with Crippen molar-refractivity contribution in [3.8, 4) is 0 Å². The molecule has 1 aliphatic heterocycles. The molecule has 0 amide bonds. The zero-order valence-electron chi connectivity index (χ0n) is 11.1. The van der Waals surface area contributed by atoms with Crippen molar-refractivity contribution < 1.29 is 13.2 Å². The lowest BCUT2D eigenvalue weighted by Gasteiger charge is -2.30. The highest BCUT2D eigenvalue weighted by atomic mass is 32.2. The molecule has 1 aliphatic rings. The van der Waals surface area contributed by atoms with Gasteiger partial charge >= 0.3 is 0 Å². The molecule has 1 unspecified atom stereocenters. The highest BCUT2D eigenvalue weighted by Crippen LogP contribution is 2.20. The number of sulfonamides is 1. The second-order valence-electron chi connectivity index (χ2n) is 4.66. The Kier molecular flexibility index (Phi) is 5.55. The second-order valence-corrected chi connectivity index (χ2v) is 6.88. The molecule has 1 atom stereocenters. The Morgan fingerprint density at radius 3 is 2.50 bits per heavy atom. The van der Waals surface area contributed by atoms with Crippen LogP contribution >= 0.6 is 0 Å². The Morgan fingerprint density at radius 1 is 1.50 bits per heavy atom. The normalized spacial score (nSPS) is 19.9. The third-order valence-corrected chi connectivity index (χ3v) is 5.75. The van der Waals surface area contributed by atoms with Gasteiger partial charge in [0, 0.05) is 32.2 Å². The van der Waals surface area contributed by atoms with Gasteiger partial charge in [-0.1, -0.05) is 13.8 Å². The molecule has 1 heterocycles. The number of nitrogens with zero attached hydrogens (tertiary/aromatic N) is 1. The minimum Gasteiger partial charge on any atom is -0.387 e. The van der Waals surface area contributed by atoms with E-state index in [1.54, 1.807) is 6.92 Å². The fourth-order valence-corrected chi connectivity index (χ4v) is 4.00. The number of hydrogen-bond acceptors (Lipinski definition) is 4. The van der Waals surface area contributed by atoms with Gasteiger partial charge in [0.1, 0.15) is 0 Å². The predicted molar refractivity (Wildman–Crippen MR) is 71.1 cm³/mol. The minimum absolute atomic E-state index is 0.0237. The Balaban J connectivity index is 2.75. The molecule has 7 heteroatoms. The van der Waals surface area contributed by atoms with Crippen LogP contribution in [0.5, 0.6) is 0 Å². The molecule has 18 heavy (non-hydrogen) atoms. The highest BCUT2D eigenvalue weighted by Gasteiger charge is 2.33. The first-order valence-corrected chi connectivity index (χ1v) is 7.80. The third-order valence-electron chi connectivity index (χ3n) is 3.31. The van der Waals surface area contributed by atoms with Crippen LogP contribution in [0.4, 0.5) is 0 Å². The maximum absolute atomic E-state index is 12.4. The summed E-state index contributed by atoms with van der Waals surface area (Å²) in [5.41, 5.74) is 5.40. The summed E-state index contributed by atoms with van der Waals surface area (Å²) in [5.74, 6) is -0.227. The summed E-state index contributed by atoms with van der Waals surface area (Å²) in [7, 11) is -3.30. The topological polar surface area (TPSA) is 96.5 Å². The fraction of sp³-hybridized carbons (Fsp3) is 0.909. The molecule has 0 aromatic rings. The molecule has 0 spiro atoms. The van der Waals surface area contributed by atoms with Crippen LogP contribution in [0.15, 0.2) is 0 Å². The molecule has 0 aromatic carbocycles. The standard InChI is InChI=1S/C11H23N3O3S/c1-3-14(8-9(2)11(12)13)18(15,16)10-4-6-17-7-5-10/h9-10H,3-8H2,1-2H3,(H3,12,13). The van der Waals surface area contributed by atoms with Gasteiger partial charge in [0.05, 0.1) is 11.1 Å². The summed E-state index contributed by atoms with van der Waals surface area (Å²) in [6.07, 6.45) is 1.10. The molecule has 3 N–H and O–H groups in total. The maximum Gasteiger partial charge on any atom is 0.217 e.